The highest BCUT2D eigenvalue weighted by Gasteiger charge is 2.16. The van der Waals surface area contributed by atoms with Crippen LogP contribution in [0.15, 0.2) is 5.16 Å². The molecule has 0 aromatic carbocycles. The number of nitrogen functional groups attached to an aromatic ring is 1. The van der Waals surface area contributed by atoms with Crippen LogP contribution in [0.2, 0.25) is 0 Å². The smallest absolute Gasteiger partial charge is 0.313 e. The van der Waals surface area contributed by atoms with E-state index in [-0.39, 0.29) is 29.6 Å². The molecule has 1 rings (SSSR count). The highest BCUT2D eigenvalue weighted by Crippen LogP contribution is 2.18. The van der Waals surface area contributed by atoms with Gasteiger partial charge >= 0.3 is 5.97 Å². The summed E-state index contributed by atoms with van der Waals surface area (Å²) < 4.78 is 1.54. The van der Waals surface area contributed by atoms with Gasteiger partial charge in [-0.1, -0.05) is 11.8 Å². The van der Waals surface area contributed by atoms with E-state index >= 15 is 0 Å². The monoisotopic (exact) mass is 301 g/mol. The largest absolute Gasteiger partial charge is 0.481 e. The Balaban J connectivity index is 2.61. The van der Waals surface area contributed by atoms with E-state index in [1.54, 1.807) is 0 Å². The molecule has 0 aliphatic heterocycles. The molecule has 1 amide bonds. The minimum absolute atomic E-state index is 0.111. The van der Waals surface area contributed by atoms with Crippen LogP contribution in [-0.4, -0.2) is 43.0 Å². The fourth-order valence-corrected chi connectivity index (χ4v) is 2.13. The molecular formula is C11H19N5O3S. The van der Waals surface area contributed by atoms with Gasteiger partial charge in [0.1, 0.15) is 0 Å². The molecule has 1 heterocycles. The molecule has 0 spiro atoms. The number of carbonyl (C=O) groups excluding carboxylic acids is 1. The summed E-state index contributed by atoms with van der Waals surface area (Å²) in [6.07, 6.45) is 0.222. The van der Waals surface area contributed by atoms with E-state index in [1.165, 1.54) is 4.57 Å². The van der Waals surface area contributed by atoms with E-state index in [0.29, 0.717) is 11.7 Å². The van der Waals surface area contributed by atoms with Gasteiger partial charge in [0, 0.05) is 18.5 Å². The molecule has 0 fully saturated rings. The topological polar surface area (TPSA) is 123 Å². The Labute approximate surface area is 121 Å². The predicted octanol–water partition coefficient (Wildman–Crippen LogP) is 0.342. The number of rotatable bonds is 6. The normalized spacial score (nSPS) is 11.3. The summed E-state index contributed by atoms with van der Waals surface area (Å²) in [5.41, 5.74) is 5.36. The molecule has 1 aromatic heterocycles. The number of nitrogens with zero attached hydrogens (tertiary/aromatic N) is 3. The summed E-state index contributed by atoms with van der Waals surface area (Å²) >= 11 is 1.02. The van der Waals surface area contributed by atoms with Gasteiger partial charge in [-0.3, -0.25) is 14.2 Å². The summed E-state index contributed by atoms with van der Waals surface area (Å²) in [5.74, 6) is -1.03. The number of carbonyl (C=O) groups is 2. The van der Waals surface area contributed by atoms with Gasteiger partial charge in [-0.2, -0.15) is 0 Å². The Morgan fingerprint density at radius 3 is 2.60 bits per heavy atom. The molecule has 4 N–H and O–H groups in total. The first-order valence-corrected chi connectivity index (χ1v) is 7.02. The number of aromatic nitrogens is 3. The number of thioether (sulfide) groups is 1. The lowest BCUT2D eigenvalue weighted by Gasteiger charge is -2.20. The molecule has 0 aliphatic rings. The van der Waals surface area contributed by atoms with Gasteiger partial charge in [0.2, 0.25) is 11.9 Å². The Hall–Kier alpha value is -1.77. The molecule has 0 atom stereocenters. The zero-order chi connectivity index (χ0) is 15.3. The molecule has 8 nitrogen and oxygen atoms in total. The van der Waals surface area contributed by atoms with Crippen LogP contribution < -0.4 is 11.1 Å². The standard InChI is InChI=1S/C11H19N5O3S/c1-11(2,3)13-7(17)4-5-16-9(12)14-15-10(16)20-6-8(18)19/h4-6H2,1-3H3,(H2,12,14)(H,13,17)(H,18,19). The van der Waals surface area contributed by atoms with Crippen molar-refractivity contribution in [1.82, 2.24) is 20.1 Å². The van der Waals surface area contributed by atoms with E-state index in [1.807, 2.05) is 20.8 Å². The number of anilines is 1. The van der Waals surface area contributed by atoms with E-state index in [2.05, 4.69) is 15.5 Å². The fraction of sp³-hybridized carbons (Fsp3) is 0.636. The molecule has 1 aromatic rings. The molecule has 20 heavy (non-hydrogen) atoms. The van der Waals surface area contributed by atoms with Crippen molar-refractivity contribution in [2.45, 2.75) is 44.4 Å². The molecule has 9 heteroatoms. The van der Waals surface area contributed by atoms with Gasteiger partial charge in [0.15, 0.2) is 5.16 Å². The quantitative estimate of drug-likeness (QED) is 0.647. The summed E-state index contributed by atoms with van der Waals surface area (Å²) in [5, 5.41) is 19.4. The van der Waals surface area contributed by atoms with Crippen molar-refractivity contribution in [1.29, 1.82) is 0 Å². The summed E-state index contributed by atoms with van der Waals surface area (Å²) in [6.45, 7) is 5.99. The highest BCUT2D eigenvalue weighted by atomic mass is 32.2. The maximum Gasteiger partial charge on any atom is 0.313 e. The number of nitrogens with one attached hydrogen (secondary N) is 1. The van der Waals surface area contributed by atoms with E-state index in [0.717, 1.165) is 11.8 Å². The van der Waals surface area contributed by atoms with Crippen LogP contribution >= 0.6 is 11.8 Å². The molecule has 0 aliphatic carbocycles. The molecule has 0 unspecified atom stereocenters. The van der Waals surface area contributed by atoms with Crippen molar-refractivity contribution >= 4 is 29.6 Å². The summed E-state index contributed by atoms with van der Waals surface area (Å²) in [7, 11) is 0. The predicted molar refractivity (Wildman–Crippen MR) is 75.3 cm³/mol. The van der Waals surface area contributed by atoms with E-state index in [9.17, 15) is 9.59 Å². The molecule has 0 radical (unpaired) electrons. The van der Waals surface area contributed by atoms with Crippen LogP contribution in [0.3, 0.4) is 0 Å². The van der Waals surface area contributed by atoms with Crippen LogP contribution in [-0.2, 0) is 16.1 Å². The minimum atomic E-state index is -0.950. The van der Waals surface area contributed by atoms with Crippen LogP contribution in [0, 0.1) is 0 Å². The number of hydrogen-bond donors (Lipinski definition) is 3. The van der Waals surface area contributed by atoms with Gasteiger partial charge in [-0.05, 0) is 20.8 Å². The third-order valence-corrected chi connectivity index (χ3v) is 3.10. The lowest BCUT2D eigenvalue weighted by molar-refractivity contribution is -0.134. The summed E-state index contributed by atoms with van der Waals surface area (Å²) in [6, 6.07) is 0. The highest BCUT2D eigenvalue weighted by molar-refractivity contribution is 7.99. The van der Waals surface area contributed by atoms with Crippen molar-refractivity contribution in [3.8, 4) is 0 Å². The SMILES string of the molecule is CC(C)(C)NC(=O)CCn1c(N)nnc1SCC(=O)O. The summed E-state index contributed by atoms with van der Waals surface area (Å²) in [4.78, 5) is 22.3. The molecular weight excluding hydrogens is 282 g/mol. The zero-order valence-corrected chi connectivity index (χ0v) is 12.5. The van der Waals surface area contributed by atoms with Crippen LogP contribution in [0.4, 0.5) is 5.95 Å². The average molecular weight is 301 g/mol. The van der Waals surface area contributed by atoms with Crippen LogP contribution in [0.5, 0.6) is 0 Å². The van der Waals surface area contributed by atoms with Crippen molar-refractivity contribution in [2.75, 3.05) is 11.5 Å². The van der Waals surface area contributed by atoms with Crippen LogP contribution in [0.25, 0.3) is 0 Å². The van der Waals surface area contributed by atoms with Crippen molar-refractivity contribution in [3.05, 3.63) is 0 Å². The number of amides is 1. The van der Waals surface area contributed by atoms with Crippen molar-refractivity contribution in [3.63, 3.8) is 0 Å². The van der Waals surface area contributed by atoms with Crippen LogP contribution in [0.1, 0.15) is 27.2 Å². The second-order valence-electron chi connectivity index (χ2n) is 5.22. The van der Waals surface area contributed by atoms with Crippen molar-refractivity contribution < 1.29 is 14.7 Å². The first-order chi connectivity index (χ1) is 9.19. The number of hydrogen-bond acceptors (Lipinski definition) is 6. The Morgan fingerprint density at radius 2 is 2.05 bits per heavy atom. The Morgan fingerprint density at radius 1 is 1.40 bits per heavy atom. The lowest BCUT2D eigenvalue weighted by atomic mass is 10.1. The first kappa shape index (κ1) is 16.3. The van der Waals surface area contributed by atoms with Gasteiger partial charge in [-0.15, -0.1) is 10.2 Å². The molecule has 0 saturated carbocycles. The number of carboxylic acid groups (broad SMARTS) is 1. The number of carboxylic acids is 1. The fourth-order valence-electron chi connectivity index (χ4n) is 1.44. The number of nitrogens with two attached hydrogens (primary N) is 1. The second-order valence-corrected chi connectivity index (χ2v) is 6.17. The van der Waals surface area contributed by atoms with Gasteiger partial charge in [0.05, 0.1) is 5.75 Å². The van der Waals surface area contributed by atoms with E-state index in [4.69, 9.17) is 10.8 Å². The molecule has 112 valence electrons. The second kappa shape index (κ2) is 6.60. The Bertz CT molecular complexity index is 495. The molecule has 0 saturated heterocycles. The average Bonchev–Trinajstić information content (AvgIpc) is 2.62. The number of aliphatic carboxylic acids is 1. The molecule has 0 bridgehead atoms. The lowest BCUT2D eigenvalue weighted by Crippen LogP contribution is -2.40. The first-order valence-electron chi connectivity index (χ1n) is 6.03. The van der Waals surface area contributed by atoms with Gasteiger partial charge in [-0.25, -0.2) is 0 Å². The third kappa shape index (κ3) is 5.47. The third-order valence-electron chi connectivity index (χ3n) is 2.15. The maximum absolute atomic E-state index is 11.7. The zero-order valence-electron chi connectivity index (χ0n) is 11.7. The van der Waals surface area contributed by atoms with Gasteiger partial charge < -0.3 is 16.2 Å². The van der Waals surface area contributed by atoms with Gasteiger partial charge in [0.25, 0.3) is 0 Å². The minimum Gasteiger partial charge on any atom is -0.481 e. The van der Waals surface area contributed by atoms with Crippen molar-refractivity contribution in [2.24, 2.45) is 0 Å². The maximum atomic E-state index is 11.7. The van der Waals surface area contributed by atoms with E-state index < -0.39 is 5.97 Å². The Kier molecular flexibility index (Phi) is 5.37.